The van der Waals surface area contributed by atoms with Gasteiger partial charge in [0.2, 0.25) is 0 Å². The van der Waals surface area contributed by atoms with Gasteiger partial charge >= 0.3 is 0 Å². The summed E-state index contributed by atoms with van der Waals surface area (Å²) in [5, 5.41) is 13.2. The van der Waals surface area contributed by atoms with E-state index in [0.29, 0.717) is 0 Å². The van der Waals surface area contributed by atoms with Crippen molar-refractivity contribution in [2.24, 2.45) is 5.41 Å². The minimum Gasteiger partial charge on any atom is -0.396 e. The molecule has 0 radical (unpaired) electrons. The van der Waals surface area contributed by atoms with E-state index in [-0.39, 0.29) is 12.0 Å². The molecular formula is C18H30N2O. The van der Waals surface area contributed by atoms with Crippen LogP contribution in [0.2, 0.25) is 0 Å². The fourth-order valence-corrected chi connectivity index (χ4v) is 3.05. The molecule has 1 heterocycles. The topological polar surface area (TPSA) is 35.5 Å². The van der Waals surface area contributed by atoms with Gasteiger partial charge in [-0.25, -0.2) is 0 Å². The molecule has 21 heavy (non-hydrogen) atoms. The zero-order valence-electron chi connectivity index (χ0n) is 13.6. The first-order valence-corrected chi connectivity index (χ1v) is 8.37. The summed E-state index contributed by atoms with van der Waals surface area (Å²) in [6, 6.07) is 8.72. The van der Waals surface area contributed by atoms with Crippen LogP contribution in [0.15, 0.2) is 24.3 Å². The molecule has 0 bridgehead atoms. The molecule has 1 aromatic rings. The summed E-state index contributed by atoms with van der Waals surface area (Å²) in [4.78, 5) is 2.52. The molecule has 0 amide bonds. The maximum Gasteiger partial charge on any atom is 0.0504 e. The Hall–Kier alpha value is -1.06. The lowest BCUT2D eigenvalue weighted by molar-refractivity contribution is 0.127. The van der Waals surface area contributed by atoms with E-state index in [9.17, 15) is 5.11 Å². The molecule has 1 fully saturated rings. The predicted octanol–water partition coefficient (Wildman–Crippen LogP) is 3.49. The summed E-state index contributed by atoms with van der Waals surface area (Å²) in [6.07, 6.45) is 4.68. The first-order valence-electron chi connectivity index (χ1n) is 8.37. The SMILES string of the molecule is CCC(CC)(CO)CNc1cccc(CN2CCCC2)c1. The summed E-state index contributed by atoms with van der Waals surface area (Å²) in [5.74, 6) is 0. The molecule has 1 aliphatic heterocycles. The van der Waals surface area contributed by atoms with E-state index in [0.717, 1.165) is 25.9 Å². The van der Waals surface area contributed by atoms with Crippen LogP contribution in [-0.2, 0) is 6.54 Å². The zero-order chi connectivity index (χ0) is 15.1. The van der Waals surface area contributed by atoms with Crippen LogP contribution in [0.25, 0.3) is 0 Å². The van der Waals surface area contributed by atoms with Crippen LogP contribution < -0.4 is 5.32 Å². The van der Waals surface area contributed by atoms with Gasteiger partial charge in [-0.05, 0) is 56.5 Å². The molecule has 0 atom stereocenters. The Morgan fingerprint density at radius 2 is 1.90 bits per heavy atom. The molecule has 2 N–H and O–H groups in total. The van der Waals surface area contributed by atoms with Crippen LogP contribution in [0, 0.1) is 5.41 Å². The highest BCUT2D eigenvalue weighted by atomic mass is 16.3. The predicted molar refractivity (Wildman–Crippen MR) is 89.5 cm³/mol. The van der Waals surface area contributed by atoms with Crippen LogP contribution in [0.3, 0.4) is 0 Å². The number of hydrogen-bond donors (Lipinski definition) is 2. The molecule has 0 aliphatic carbocycles. The molecule has 0 aromatic heterocycles. The van der Waals surface area contributed by atoms with Crippen LogP contribution >= 0.6 is 0 Å². The maximum absolute atomic E-state index is 9.65. The molecular weight excluding hydrogens is 260 g/mol. The average Bonchev–Trinajstić information content (AvgIpc) is 3.03. The molecule has 1 saturated heterocycles. The van der Waals surface area contributed by atoms with Gasteiger partial charge in [0.05, 0.1) is 6.61 Å². The lowest BCUT2D eigenvalue weighted by atomic mass is 9.83. The first kappa shape index (κ1) is 16.3. The van der Waals surface area contributed by atoms with E-state index in [4.69, 9.17) is 0 Å². The van der Waals surface area contributed by atoms with Crippen molar-refractivity contribution in [1.82, 2.24) is 4.90 Å². The van der Waals surface area contributed by atoms with Crippen molar-refractivity contribution < 1.29 is 5.11 Å². The Labute approximate surface area is 129 Å². The van der Waals surface area contributed by atoms with E-state index in [2.05, 4.69) is 48.3 Å². The molecule has 118 valence electrons. The smallest absolute Gasteiger partial charge is 0.0504 e. The van der Waals surface area contributed by atoms with Crippen molar-refractivity contribution in [2.45, 2.75) is 46.1 Å². The molecule has 3 nitrogen and oxygen atoms in total. The normalized spacial score (nSPS) is 16.3. The van der Waals surface area contributed by atoms with Crippen molar-refractivity contribution in [3.63, 3.8) is 0 Å². The Bertz CT molecular complexity index is 415. The first-order chi connectivity index (χ1) is 10.2. The fourth-order valence-electron chi connectivity index (χ4n) is 3.05. The van der Waals surface area contributed by atoms with Gasteiger partial charge in [0.15, 0.2) is 0 Å². The highest BCUT2D eigenvalue weighted by Crippen LogP contribution is 2.26. The monoisotopic (exact) mass is 290 g/mol. The van der Waals surface area contributed by atoms with Crippen LogP contribution in [0.5, 0.6) is 0 Å². The lowest BCUT2D eigenvalue weighted by Crippen LogP contribution is -2.32. The minimum atomic E-state index is 0.00492. The number of nitrogens with one attached hydrogen (secondary N) is 1. The van der Waals surface area contributed by atoms with Crippen molar-refractivity contribution in [1.29, 1.82) is 0 Å². The number of nitrogens with zero attached hydrogens (tertiary/aromatic N) is 1. The second-order valence-corrected chi connectivity index (χ2v) is 6.40. The fraction of sp³-hybridized carbons (Fsp3) is 0.667. The lowest BCUT2D eigenvalue weighted by Gasteiger charge is -2.30. The number of rotatable bonds is 8. The van der Waals surface area contributed by atoms with E-state index in [1.165, 1.54) is 37.2 Å². The number of benzene rings is 1. The van der Waals surface area contributed by atoms with E-state index < -0.39 is 0 Å². The molecule has 1 aromatic carbocycles. The molecule has 2 rings (SSSR count). The highest BCUT2D eigenvalue weighted by Gasteiger charge is 2.24. The highest BCUT2D eigenvalue weighted by molar-refractivity contribution is 5.46. The van der Waals surface area contributed by atoms with Crippen molar-refractivity contribution in [3.8, 4) is 0 Å². The molecule has 1 aliphatic rings. The van der Waals surface area contributed by atoms with Gasteiger partial charge in [-0.2, -0.15) is 0 Å². The number of hydrogen-bond acceptors (Lipinski definition) is 3. The van der Waals surface area contributed by atoms with Crippen LogP contribution in [-0.4, -0.2) is 36.2 Å². The molecule has 0 saturated carbocycles. The second-order valence-electron chi connectivity index (χ2n) is 6.40. The Morgan fingerprint density at radius 3 is 2.52 bits per heavy atom. The Balaban J connectivity index is 1.94. The third-order valence-corrected chi connectivity index (χ3v) is 5.03. The van der Waals surface area contributed by atoms with Gasteiger partial charge in [-0.15, -0.1) is 0 Å². The standard InChI is InChI=1S/C18H30N2O/c1-3-18(4-2,15-21)14-19-17-9-7-8-16(12-17)13-20-10-5-6-11-20/h7-9,12,19,21H,3-6,10-11,13-15H2,1-2H3. The average molecular weight is 290 g/mol. The van der Waals surface area contributed by atoms with Gasteiger partial charge in [-0.3, -0.25) is 4.90 Å². The van der Waals surface area contributed by atoms with Crippen molar-refractivity contribution in [3.05, 3.63) is 29.8 Å². The van der Waals surface area contributed by atoms with Gasteiger partial charge < -0.3 is 10.4 Å². The van der Waals surface area contributed by atoms with Gasteiger partial charge in [0.1, 0.15) is 0 Å². The van der Waals surface area contributed by atoms with Crippen LogP contribution in [0.4, 0.5) is 5.69 Å². The van der Waals surface area contributed by atoms with Crippen LogP contribution in [0.1, 0.15) is 45.1 Å². The number of aliphatic hydroxyl groups is 1. The largest absolute Gasteiger partial charge is 0.396 e. The molecule has 3 heteroatoms. The summed E-state index contributed by atoms with van der Waals surface area (Å²) in [5.41, 5.74) is 2.56. The summed E-state index contributed by atoms with van der Waals surface area (Å²) >= 11 is 0. The Kier molecular flexibility index (Phi) is 6.07. The summed E-state index contributed by atoms with van der Waals surface area (Å²) < 4.78 is 0. The van der Waals surface area contributed by atoms with Gasteiger partial charge in [0.25, 0.3) is 0 Å². The quantitative estimate of drug-likeness (QED) is 0.769. The zero-order valence-corrected chi connectivity index (χ0v) is 13.6. The van der Waals surface area contributed by atoms with E-state index in [1.807, 2.05) is 0 Å². The number of anilines is 1. The number of aliphatic hydroxyl groups excluding tert-OH is 1. The summed E-state index contributed by atoms with van der Waals surface area (Å²) in [6.45, 7) is 8.93. The molecule has 0 spiro atoms. The Morgan fingerprint density at radius 1 is 1.19 bits per heavy atom. The minimum absolute atomic E-state index is 0.00492. The van der Waals surface area contributed by atoms with Crippen molar-refractivity contribution in [2.75, 3.05) is 31.6 Å². The molecule has 0 unspecified atom stereocenters. The number of likely N-dealkylation sites (tertiary alicyclic amines) is 1. The third kappa shape index (κ3) is 4.45. The third-order valence-electron chi connectivity index (χ3n) is 5.03. The van der Waals surface area contributed by atoms with Gasteiger partial charge in [0, 0.05) is 24.2 Å². The van der Waals surface area contributed by atoms with E-state index >= 15 is 0 Å². The maximum atomic E-state index is 9.65. The summed E-state index contributed by atoms with van der Waals surface area (Å²) in [7, 11) is 0. The van der Waals surface area contributed by atoms with Crippen molar-refractivity contribution >= 4 is 5.69 Å². The van der Waals surface area contributed by atoms with Gasteiger partial charge in [-0.1, -0.05) is 26.0 Å². The van der Waals surface area contributed by atoms with E-state index in [1.54, 1.807) is 0 Å². The second kappa shape index (κ2) is 7.81.